The van der Waals surface area contributed by atoms with E-state index in [1.54, 1.807) is 24.3 Å². The molecule has 0 saturated carbocycles. The molecule has 0 saturated heterocycles. The second-order valence-corrected chi connectivity index (χ2v) is 5.01. The van der Waals surface area contributed by atoms with Crippen molar-refractivity contribution >= 4 is 45.5 Å². The molecule has 0 atom stereocenters. The van der Waals surface area contributed by atoms with Crippen molar-refractivity contribution in [1.29, 1.82) is 5.41 Å². The van der Waals surface area contributed by atoms with E-state index in [-0.39, 0.29) is 17.0 Å². The Morgan fingerprint density at radius 3 is 2.05 bits per heavy atom. The van der Waals surface area contributed by atoms with E-state index in [9.17, 15) is 9.59 Å². The van der Waals surface area contributed by atoms with Gasteiger partial charge in [-0.2, -0.15) is 0 Å². The molecule has 0 aromatic heterocycles. The van der Waals surface area contributed by atoms with Gasteiger partial charge in [-0.05, 0) is 18.6 Å². The fourth-order valence-electron chi connectivity index (χ4n) is 1.66. The number of amidine groups is 1. The fraction of sp³-hybridized carbons (Fsp3) is 0.250. The fourth-order valence-corrected chi connectivity index (χ4v) is 1.91. The molecular weight excluding hydrogens is 330 g/mol. The predicted molar refractivity (Wildman–Crippen MR) is 81.1 cm³/mol. The summed E-state index contributed by atoms with van der Waals surface area (Å²) in [7, 11) is 0. The van der Waals surface area contributed by atoms with Gasteiger partial charge in [-0.15, -0.1) is 12.6 Å². The minimum atomic E-state index is -0.170. The Labute approximate surface area is 125 Å². The molecule has 0 spiro atoms. The average Bonchev–Trinajstić information content (AvgIpc) is 2.60. The van der Waals surface area contributed by atoms with Gasteiger partial charge in [-0.1, -0.05) is 28.1 Å². The molecule has 0 fully saturated rings. The van der Waals surface area contributed by atoms with Crippen LogP contribution in [0.5, 0.6) is 0 Å². The zero-order valence-corrected chi connectivity index (χ0v) is 12.6. The number of nitrogens with one attached hydrogen (secondary N) is 1. The molecule has 1 aromatic rings. The molecule has 0 unspecified atom stereocenters. The molecule has 1 heterocycles. The first-order chi connectivity index (χ1) is 8.99. The molecule has 102 valence electrons. The van der Waals surface area contributed by atoms with Crippen LogP contribution in [0.4, 0.5) is 0 Å². The van der Waals surface area contributed by atoms with Gasteiger partial charge >= 0.3 is 0 Å². The number of hydrogen-bond donors (Lipinski definition) is 3. The number of alkyl halides is 1. The number of nitrogens with zero attached hydrogens (tertiary/aromatic N) is 1. The summed E-state index contributed by atoms with van der Waals surface area (Å²) in [5, 5.41) is 6.80. The van der Waals surface area contributed by atoms with Gasteiger partial charge in [-0.25, -0.2) is 0 Å². The van der Waals surface area contributed by atoms with Crippen LogP contribution in [0, 0.1) is 5.41 Å². The molecule has 0 aliphatic carbocycles. The number of benzene rings is 1. The summed E-state index contributed by atoms with van der Waals surface area (Å²) in [6, 6.07) is 6.95. The lowest BCUT2D eigenvalue weighted by molar-refractivity contribution is 0.0655. The van der Waals surface area contributed by atoms with Crippen molar-refractivity contribution in [2.75, 3.05) is 11.9 Å². The van der Waals surface area contributed by atoms with E-state index in [1.807, 2.05) is 0 Å². The van der Waals surface area contributed by atoms with Crippen molar-refractivity contribution in [2.24, 2.45) is 5.73 Å². The van der Waals surface area contributed by atoms with Crippen LogP contribution in [0.25, 0.3) is 0 Å². The SMILES string of the molecule is N=C(N)S.O=C1c2ccccc2C(=O)N1CCCBr. The molecule has 1 aliphatic heterocycles. The van der Waals surface area contributed by atoms with E-state index in [4.69, 9.17) is 5.41 Å². The molecule has 5 nitrogen and oxygen atoms in total. The second kappa shape index (κ2) is 7.30. The molecule has 1 aromatic carbocycles. The highest BCUT2D eigenvalue weighted by atomic mass is 79.9. The van der Waals surface area contributed by atoms with Crippen molar-refractivity contribution < 1.29 is 9.59 Å². The summed E-state index contributed by atoms with van der Waals surface area (Å²) in [6.07, 6.45) is 0.783. The maximum absolute atomic E-state index is 11.8. The van der Waals surface area contributed by atoms with Crippen molar-refractivity contribution in [2.45, 2.75) is 6.42 Å². The third-order valence-electron chi connectivity index (χ3n) is 2.39. The standard InChI is InChI=1S/C11H10BrNO2.CH4N2S/c12-6-3-7-13-10(14)8-4-1-2-5-9(8)11(13)15;2-1(3)4/h1-2,4-5H,3,6-7H2;(H4,2,3,4). The molecule has 1 aliphatic rings. The van der Waals surface area contributed by atoms with Gasteiger partial charge in [0.05, 0.1) is 11.1 Å². The lowest BCUT2D eigenvalue weighted by Gasteiger charge is -2.11. The van der Waals surface area contributed by atoms with Crippen LogP contribution < -0.4 is 5.73 Å². The zero-order valence-electron chi connectivity index (χ0n) is 10.1. The van der Waals surface area contributed by atoms with Crippen molar-refractivity contribution in [3.63, 3.8) is 0 Å². The van der Waals surface area contributed by atoms with Gasteiger partial charge in [0.15, 0.2) is 0 Å². The van der Waals surface area contributed by atoms with Gasteiger partial charge in [0.1, 0.15) is 5.17 Å². The van der Waals surface area contributed by atoms with Crippen molar-refractivity contribution in [1.82, 2.24) is 4.90 Å². The van der Waals surface area contributed by atoms with E-state index in [0.29, 0.717) is 17.7 Å². The normalized spacial score (nSPS) is 12.8. The minimum Gasteiger partial charge on any atom is -0.379 e. The Hall–Kier alpha value is -1.34. The number of fused-ring (bicyclic) bond motifs is 1. The number of carbonyl (C=O) groups is 2. The van der Waals surface area contributed by atoms with Gasteiger partial charge in [0.25, 0.3) is 11.8 Å². The Morgan fingerprint density at radius 2 is 1.68 bits per heavy atom. The highest BCUT2D eigenvalue weighted by molar-refractivity contribution is 9.09. The molecule has 0 radical (unpaired) electrons. The lowest BCUT2D eigenvalue weighted by Crippen LogP contribution is -2.30. The molecule has 7 heteroatoms. The summed E-state index contributed by atoms with van der Waals surface area (Å²) in [5.74, 6) is -0.340. The van der Waals surface area contributed by atoms with E-state index in [2.05, 4.69) is 34.3 Å². The van der Waals surface area contributed by atoms with Crippen LogP contribution in [0.3, 0.4) is 0 Å². The maximum atomic E-state index is 11.8. The monoisotopic (exact) mass is 343 g/mol. The smallest absolute Gasteiger partial charge is 0.261 e. The van der Waals surface area contributed by atoms with Gasteiger partial charge in [-0.3, -0.25) is 19.9 Å². The minimum absolute atomic E-state index is 0.139. The van der Waals surface area contributed by atoms with Gasteiger partial charge in [0.2, 0.25) is 0 Å². The van der Waals surface area contributed by atoms with Crippen LogP contribution in [-0.4, -0.2) is 33.8 Å². The van der Waals surface area contributed by atoms with E-state index < -0.39 is 0 Å². The molecule has 3 N–H and O–H groups in total. The molecule has 2 amide bonds. The molecule has 0 bridgehead atoms. The topological polar surface area (TPSA) is 87.2 Å². The third-order valence-corrected chi connectivity index (χ3v) is 2.95. The Kier molecular flexibility index (Phi) is 6.04. The number of rotatable bonds is 3. The summed E-state index contributed by atoms with van der Waals surface area (Å²) in [6.45, 7) is 0.484. The first-order valence-electron chi connectivity index (χ1n) is 5.53. The van der Waals surface area contributed by atoms with Crippen LogP contribution in [0.2, 0.25) is 0 Å². The number of halogens is 1. The summed E-state index contributed by atoms with van der Waals surface area (Å²) in [5.41, 5.74) is 5.61. The number of hydrogen-bond acceptors (Lipinski definition) is 3. The number of amides is 2. The van der Waals surface area contributed by atoms with E-state index >= 15 is 0 Å². The predicted octanol–water partition coefficient (Wildman–Crippen LogP) is 1.88. The lowest BCUT2D eigenvalue weighted by atomic mass is 10.1. The molecular formula is C12H14BrN3O2S. The first-order valence-corrected chi connectivity index (χ1v) is 7.10. The number of imide groups is 1. The number of carbonyl (C=O) groups excluding carboxylic acids is 2. The van der Waals surface area contributed by atoms with Crippen molar-refractivity contribution in [3.8, 4) is 0 Å². The summed E-state index contributed by atoms with van der Waals surface area (Å²) in [4.78, 5) is 24.9. The Morgan fingerprint density at radius 1 is 1.26 bits per heavy atom. The average molecular weight is 344 g/mol. The quantitative estimate of drug-likeness (QED) is 0.257. The van der Waals surface area contributed by atoms with Crippen LogP contribution >= 0.6 is 28.6 Å². The summed E-state index contributed by atoms with van der Waals surface area (Å²) >= 11 is 6.61. The summed E-state index contributed by atoms with van der Waals surface area (Å²) < 4.78 is 0. The third kappa shape index (κ3) is 4.07. The second-order valence-electron chi connectivity index (χ2n) is 3.74. The van der Waals surface area contributed by atoms with E-state index in [0.717, 1.165) is 11.8 Å². The molecule has 2 rings (SSSR count). The Balaban J connectivity index is 0.000000399. The van der Waals surface area contributed by atoms with Crippen LogP contribution in [0.15, 0.2) is 24.3 Å². The highest BCUT2D eigenvalue weighted by Gasteiger charge is 2.34. The Bertz CT molecular complexity index is 469. The first kappa shape index (κ1) is 15.7. The van der Waals surface area contributed by atoms with Crippen LogP contribution in [0.1, 0.15) is 27.1 Å². The number of thiol groups is 1. The van der Waals surface area contributed by atoms with E-state index in [1.165, 1.54) is 4.90 Å². The van der Waals surface area contributed by atoms with Crippen LogP contribution in [-0.2, 0) is 0 Å². The largest absolute Gasteiger partial charge is 0.379 e. The molecule has 19 heavy (non-hydrogen) atoms. The zero-order chi connectivity index (χ0) is 14.4. The van der Waals surface area contributed by atoms with Gasteiger partial charge < -0.3 is 5.73 Å². The van der Waals surface area contributed by atoms with Crippen molar-refractivity contribution in [3.05, 3.63) is 35.4 Å². The number of nitrogens with two attached hydrogens (primary N) is 1. The highest BCUT2D eigenvalue weighted by Crippen LogP contribution is 2.22. The van der Waals surface area contributed by atoms with Gasteiger partial charge in [0, 0.05) is 11.9 Å². The maximum Gasteiger partial charge on any atom is 0.261 e.